The molecule has 0 radical (unpaired) electrons. The number of benzene rings is 2. The highest BCUT2D eigenvalue weighted by atomic mass is 35.5. The van der Waals surface area contributed by atoms with Gasteiger partial charge in [0.1, 0.15) is 0 Å². The number of rotatable bonds is 5. The minimum Gasteiger partial charge on any atom is -0.310 e. The number of aryl methyl sites for hydroxylation is 1. The molecule has 2 aromatic rings. The first-order valence-electron chi connectivity index (χ1n) is 6.91. The van der Waals surface area contributed by atoms with Crippen LogP contribution in [0.1, 0.15) is 29.7 Å². The molecule has 0 aromatic heterocycles. The fourth-order valence-electron chi connectivity index (χ4n) is 2.29. The van der Waals surface area contributed by atoms with Gasteiger partial charge < -0.3 is 5.32 Å². The van der Waals surface area contributed by atoms with Crippen molar-refractivity contribution in [1.82, 2.24) is 5.32 Å². The average Bonchev–Trinajstić information content (AvgIpc) is 2.45. The Hall–Kier alpha value is -0.730. The Labute approximate surface area is 141 Å². The van der Waals surface area contributed by atoms with Crippen LogP contribution in [-0.4, -0.2) is 6.54 Å². The fourth-order valence-corrected chi connectivity index (χ4v) is 2.99. The van der Waals surface area contributed by atoms with Crippen LogP contribution in [0.3, 0.4) is 0 Å². The molecule has 21 heavy (non-hydrogen) atoms. The molecule has 1 N–H and O–H groups in total. The van der Waals surface area contributed by atoms with E-state index in [0.29, 0.717) is 15.1 Å². The Morgan fingerprint density at radius 2 is 1.81 bits per heavy atom. The summed E-state index contributed by atoms with van der Waals surface area (Å²) in [5, 5.41) is 4.90. The molecule has 0 aliphatic heterocycles. The van der Waals surface area contributed by atoms with E-state index in [1.165, 1.54) is 11.1 Å². The second-order valence-electron chi connectivity index (χ2n) is 5.18. The van der Waals surface area contributed by atoms with E-state index in [1.54, 1.807) is 6.07 Å². The Morgan fingerprint density at radius 3 is 2.52 bits per heavy atom. The third-order valence-corrected chi connectivity index (χ3v) is 4.79. The van der Waals surface area contributed by atoms with Gasteiger partial charge >= 0.3 is 0 Å². The first-order chi connectivity index (χ1) is 9.99. The lowest BCUT2D eigenvalue weighted by Crippen LogP contribution is -2.21. The Balaban J connectivity index is 1.96. The van der Waals surface area contributed by atoms with Gasteiger partial charge in [0.2, 0.25) is 0 Å². The summed E-state index contributed by atoms with van der Waals surface area (Å²) in [6.07, 6.45) is 0.977. The van der Waals surface area contributed by atoms with E-state index in [0.717, 1.165) is 18.5 Å². The van der Waals surface area contributed by atoms with Crippen molar-refractivity contribution in [3.8, 4) is 0 Å². The molecule has 0 heterocycles. The molecule has 0 saturated carbocycles. The van der Waals surface area contributed by atoms with Crippen LogP contribution in [0.4, 0.5) is 0 Å². The number of hydrogen-bond acceptors (Lipinski definition) is 1. The molecule has 0 amide bonds. The highest BCUT2D eigenvalue weighted by Crippen LogP contribution is 2.35. The summed E-state index contributed by atoms with van der Waals surface area (Å²) in [5.74, 6) is 0. The number of nitrogens with one attached hydrogen (secondary N) is 1. The maximum Gasteiger partial charge on any atom is 0.0781 e. The lowest BCUT2D eigenvalue weighted by Gasteiger charge is -2.17. The van der Waals surface area contributed by atoms with Gasteiger partial charge in [0.15, 0.2) is 0 Å². The monoisotopic (exact) mass is 341 g/mol. The van der Waals surface area contributed by atoms with Crippen LogP contribution in [0.25, 0.3) is 0 Å². The Morgan fingerprint density at radius 1 is 1.05 bits per heavy atom. The van der Waals surface area contributed by atoms with Crippen LogP contribution in [0.2, 0.25) is 15.1 Å². The molecule has 1 nitrogen and oxygen atoms in total. The SMILES string of the molecule is Cc1cccc(CCNC(C)c2ccc(Cl)c(Cl)c2Cl)c1. The van der Waals surface area contributed by atoms with Crippen molar-refractivity contribution in [3.63, 3.8) is 0 Å². The van der Waals surface area contributed by atoms with Crippen molar-refractivity contribution in [3.05, 3.63) is 68.2 Å². The second kappa shape index (κ2) is 7.51. The van der Waals surface area contributed by atoms with E-state index in [2.05, 4.69) is 43.4 Å². The van der Waals surface area contributed by atoms with Gasteiger partial charge in [0.05, 0.1) is 15.1 Å². The molecular formula is C17H18Cl3N. The Kier molecular flexibility index (Phi) is 5.95. The summed E-state index contributed by atoms with van der Waals surface area (Å²) in [4.78, 5) is 0. The minimum atomic E-state index is 0.122. The van der Waals surface area contributed by atoms with Gasteiger partial charge in [-0.05, 0) is 44.0 Å². The van der Waals surface area contributed by atoms with Gasteiger partial charge in [-0.25, -0.2) is 0 Å². The molecule has 0 aliphatic carbocycles. The van der Waals surface area contributed by atoms with Gasteiger partial charge in [-0.3, -0.25) is 0 Å². The largest absolute Gasteiger partial charge is 0.310 e. The minimum absolute atomic E-state index is 0.122. The van der Waals surface area contributed by atoms with Crippen LogP contribution in [0, 0.1) is 6.92 Å². The van der Waals surface area contributed by atoms with Crippen molar-refractivity contribution < 1.29 is 0 Å². The summed E-state index contributed by atoms with van der Waals surface area (Å²) in [5.41, 5.74) is 3.58. The van der Waals surface area contributed by atoms with Gasteiger partial charge in [-0.15, -0.1) is 0 Å². The third kappa shape index (κ3) is 4.37. The smallest absolute Gasteiger partial charge is 0.0781 e. The quantitative estimate of drug-likeness (QED) is 0.672. The molecule has 1 unspecified atom stereocenters. The Bertz CT molecular complexity index is 625. The predicted molar refractivity (Wildman–Crippen MR) is 92.8 cm³/mol. The van der Waals surface area contributed by atoms with Gasteiger partial charge in [0.25, 0.3) is 0 Å². The lowest BCUT2D eigenvalue weighted by atomic mass is 10.1. The molecule has 0 bridgehead atoms. The first kappa shape index (κ1) is 16.6. The molecule has 112 valence electrons. The number of hydrogen-bond donors (Lipinski definition) is 1. The van der Waals surface area contributed by atoms with E-state index in [4.69, 9.17) is 34.8 Å². The third-order valence-electron chi connectivity index (χ3n) is 3.48. The van der Waals surface area contributed by atoms with Gasteiger partial charge in [-0.1, -0.05) is 70.7 Å². The van der Waals surface area contributed by atoms with E-state index >= 15 is 0 Å². The maximum atomic E-state index is 6.25. The van der Waals surface area contributed by atoms with E-state index in [9.17, 15) is 0 Å². The summed E-state index contributed by atoms with van der Waals surface area (Å²) in [7, 11) is 0. The topological polar surface area (TPSA) is 12.0 Å². The highest BCUT2D eigenvalue weighted by molar-refractivity contribution is 6.48. The van der Waals surface area contributed by atoms with E-state index in [-0.39, 0.29) is 6.04 Å². The zero-order valence-corrected chi connectivity index (χ0v) is 14.4. The van der Waals surface area contributed by atoms with E-state index in [1.807, 2.05) is 6.07 Å². The molecule has 2 rings (SSSR count). The van der Waals surface area contributed by atoms with Crippen LogP contribution >= 0.6 is 34.8 Å². The van der Waals surface area contributed by atoms with Crippen molar-refractivity contribution >= 4 is 34.8 Å². The summed E-state index contributed by atoms with van der Waals surface area (Å²) in [6, 6.07) is 12.4. The first-order valence-corrected chi connectivity index (χ1v) is 8.04. The predicted octanol–water partition coefficient (Wildman–Crippen LogP) is 5.85. The van der Waals surface area contributed by atoms with Crippen molar-refractivity contribution in [1.29, 1.82) is 0 Å². The molecule has 0 aliphatic rings. The van der Waals surface area contributed by atoms with Crippen molar-refractivity contribution in [2.75, 3.05) is 6.54 Å². The van der Waals surface area contributed by atoms with Crippen LogP contribution in [0.15, 0.2) is 36.4 Å². The fraction of sp³-hybridized carbons (Fsp3) is 0.294. The molecular weight excluding hydrogens is 325 g/mol. The average molecular weight is 343 g/mol. The number of halogens is 3. The van der Waals surface area contributed by atoms with Crippen LogP contribution in [-0.2, 0) is 6.42 Å². The standard InChI is InChI=1S/C17H18Cl3N/c1-11-4-3-5-13(10-11)8-9-21-12(2)14-6-7-15(18)17(20)16(14)19/h3-7,10,12,21H,8-9H2,1-2H3. The maximum absolute atomic E-state index is 6.25. The molecule has 0 fully saturated rings. The van der Waals surface area contributed by atoms with Crippen LogP contribution in [0.5, 0.6) is 0 Å². The van der Waals surface area contributed by atoms with Gasteiger partial charge in [-0.2, -0.15) is 0 Å². The lowest BCUT2D eigenvalue weighted by molar-refractivity contribution is 0.577. The summed E-state index contributed by atoms with van der Waals surface area (Å²) >= 11 is 18.3. The summed E-state index contributed by atoms with van der Waals surface area (Å²) in [6.45, 7) is 5.05. The van der Waals surface area contributed by atoms with Crippen molar-refractivity contribution in [2.24, 2.45) is 0 Å². The van der Waals surface area contributed by atoms with E-state index < -0.39 is 0 Å². The van der Waals surface area contributed by atoms with Crippen LogP contribution < -0.4 is 5.32 Å². The van der Waals surface area contributed by atoms with Gasteiger partial charge in [0, 0.05) is 6.04 Å². The zero-order valence-electron chi connectivity index (χ0n) is 12.1. The molecule has 4 heteroatoms. The molecule has 0 spiro atoms. The second-order valence-corrected chi connectivity index (χ2v) is 6.34. The molecule has 0 saturated heterocycles. The molecule has 2 aromatic carbocycles. The van der Waals surface area contributed by atoms with Crippen molar-refractivity contribution in [2.45, 2.75) is 26.3 Å². The zero-order chi connectivity index (χ0) is 15.4. The molecule has 1 atom stereocenters. The normalized spacial score (nSPS) is 12.4. The summed E-state index contributed by atoms with van der Waals surface area (Å²) < 4.78 is 0. The highest BCUT2D eigenvalue weighted by Gasteiger charge is 2.13.